The third-order valence-corrected chi connectivity index (χ3v) is 1.86. The van der Waals surface area contributed by atoms with Crippen LogP contribution < -0.4 is 0 Å². The fraction of sp³-hybridized carbons (Fsp3) is 0.400. The van der Waals surface area contributed by atoms with Crippen molar-refractivity contribution in [3.8, 4) is 0 Å². The molecule has 0 heterocycles. The highest BCUT2D eigenvalue weighted by Crippen LogP contribution is 2.15. The van der Waals surface area contributed by atoms with Crippen molar-refractivity contribution in [2.75, 3.05) is 13.7 Å². The van der Waals surface area contributed by atoms with Gasteiger partial charge in [-0.05, 0) is 17.7 Å². The molecule has 0 N–H and O–H groups in total. The summed E-state index contributed by atoms with van der Waals surface area (Å²) in [6.45, 7) is 2.72. The number of benzene rings is 1. The van der Waals surface area contributed by atoms with Crippen LogP contribution in [-0.4, -0.2) is 13.7 Å². The first-order valence-corrected chi connectivity index (χ1v) is 3.98. The molecule has 0 spiro atoms. The average molecular weight is 168 g/mol. The van der Waals surface area contributed by atoms with Gasteiger partial charge in [0.15, 0.2) is 0 Å². The molecule has 0 aromatic heterocycles. The SMILES string of the molecule is COC[C@@H](C)c1ccc(F)cc1. The van der Waals surface area contributed by atoms with Crippen LogP contribution in [0.4, 0.5) is 4.39 Å². The fourth-order valence-electron chi connectivity index (χ4n) is 1.14. The van der Waals surface area contributed by atoms with Crippen LogP contribution in [0.25, 0.3) is 0 Å². The molecular weight excluding hydrogens is 155 g/mol. The molecule has 66 valence electrons. The molecule has 0 aliphatic carbocycles. The monoisotopic (exact) mass is 168 g/mol. The van der Waals surface area contributed by atoms with Crippen LogP contribution in [0, 0.1) is 5.82 Å². The molecule has 12 heavy (non-hydrogen) atoms. The summed E-state index contributed by atoms with van der Waals surface area (Å²) in [5.74, 6) is 0.138. The van der Waals surface area contributed by atoms with E-state index in [1.807, 2.05) is 0 Å². The zero-order chi connectivity index (χ0) is 8.97. The third-order valence-electron chi connectivity index (χ3n) is 1.86. The highest BCUT2D eigenvalue weighted by molar-refractivity contribution is 5.19. The second-order valence-corrected chi connectivity index (χ2v) is 2.91. The lowest BCUT2D eigenvalue weighted by atomic mass is 10.0. The Kier molecular flexibility index (Phi) is 3.23. The van der Waals surface area contributed by atoms with E-state index in [2.05, 4.69) is 6.92 Å². The maximum atomic E-state index is 12.5. The quantitative estimate of drug-likeness (QED) is 0.674. The smallest absolute Gasteiger partial charge is 0.123 e. The van der Waals surface area contributed by atoms with Gasteiger partial charge in [-0.3, -0.25) is 0 Å². The first kappa shape index (κ1) is 9.20. The van der Waals surface area contributed by atoms with Crippen LogP contribution >= 0.6 is 0 Å². The minimum atomic E-state index is -0.191. The molecule has 1 aromatic rings. The van der Waals surface area contributed by atoms with Crippen LogP contribution in [0.15, 0.2) is 24.3 Å². The van der Waals surface area contributed by atoms with E-state index < -0.39 is 0 Å². The summed E-state index contributed by atoms with van der Waals surface area (Å²) in [6.07, 6.45) is 0. The van der Waals surface area contributed by atoms with Crippen molar-refractivity contribution in [2.45, 2.75) is 12.8 Å². The Hall–Kier alpha value is -0.890. The highest BCUT2D eigenvalue weighted by atomic mass is 19.1. The fourth-order valence-corrected chi connectivity index (χ4v) is 1.14. The van der Waals surface area contributed by atoms with Gasteiger partial charge in [-0.15, -0.1) is 0 Å². The maximum Gasteiger partial charge on any atom is 0.123 e. The Morgan fingerprint density at radius 1 is 1.33 bits per heavy atom. The predicted molar refractivity (Wildman–Crippen MR) is 46.7 cm³/mol. The van der Waals surface area contributed by atoms with Gasteiger partial charge >= 0.3 is 0 Å². The van der Waals surface area contributed by atoms with Crippen molar-refractivity contribution in [3.05, 3.63) is 35.6 Å². The van der Waals surface area contributed by atoms with Crippen molar-refractivity contribution in [2.24, 2.45) is 0 Å². The van der Waals surface area contributed by atoms with E-state index >= 15 is 0 Å². The molecule has 1 atom stereocenters. The standard InChI is InChI=1S/C10H13FO/c1-8(7-12-2)9-3-5-10(11)6-4-9/h3-6,8H,7H2,1-2H3/t8-/m1/s1. The molecule has 0 saturated carbocycles. The van der Waals surface area contributed by atoms with Gasteiger partial charge in [-0.2, -0.15) is 0 Å². The maximum absolute atomic E-state index is 12.5. The van der Waals surface area contributed by atoms with Crippen LogP contribution in [-0.2, 0) is 4.74 Å². The molecular formula is C10H13FO. The Morgan fingerprint density at radius 3 is 2.42 bits per heavy atom. The molecule has 0 fully saturated rings. The minimum Gasteiger partial charge on any atom is -0.384 e. The normalized spacial score (nSPS) is 12.9. The van der Waals surface area contributed by atoms with Gasteiger partial charge in [0.05, 0.1) is 6.61 Å². The largest absolute Gasteiger partial charge is 0.384 e. The van der Waals surface area contributed by atoms with Crippen molar-refractivity contribution in [1.29, 1.82) is 0 Å². The van der Waals surface area contributed by atoms with Gasteiger partial charge in [0, 0.05) is 13.0 Å². The highest BCUT2D eigenvalue weighted by Gasteiger charge is 2.03. The van der Waals surface area contributed by atoms with E-state index in [1.54, 1.807) is 19.2 Å². The van der Waals surface area contributed by atoms with E-state index in [-0.39, 0.29) is 5.82 Å². The lowest BCUT2D eigenvalue weighted by Crippen LogP contribution is -2.01. The van der Waals surface area contributed by atoms with Crippen molar-refractivity contribution in [1.82, 2.24) is 0 Å². The average Bonchev–Trinajstić information content (AvgIpc) is 2.06. The Balaban J connectivity index is 2.68. The van der Waals surface area contributed by atoms with Crippen LogP contribution in [0.1, 0.15) is 18.4 Å². The lowest BCUT2D eigenvalue weighted by molar-refractivity contribution is 0.184. The van der Waals surface area contributed by atoms with Gasteiger partial charge in [-0.25, -0.2) is 4.39 Å². The van der Waals surface area contributed by atoms with Crippen molar-refractivity contribution >= 4 is 0 Å². The topological polar surface area (TPSA) is 9.23 Å². The molecule has 0 unspecified atom stereocenters. The second kappa shape index (κ2) is 4.21. The van der Waals surface area contributed by atoms with E-state index in [1.165, 1.54) is 12.1 Å². The first-order valence-electron chi connectivity index (χ1n) is 3.98. The Bertz CT molecular complexity index is 230. The van der Waals surface area contributed by atoms with E-state index in [9.17, 15) is 4.39 Å². The number of methoxy groups -OCH3 is 1. The van der Waals surface area contributed by atoms with Crippen LogP contribution in [0.2, 0.25) is 0 Å². The zero-order valence-corrected chi connectivity index (χ0v) is 7.38. The van der Waals surface area contributed by atoms with Gasteiger partial charge in [-0.1, -0.05) is 19.1 Å². The summed E-state index contributed by atoms with van der Waals surface area (Å²) < 4.78 is 17.5. The third kappa shape index (κ3) is 2.31. The van der Waals surface area contributed by atoms with Crippen molar-refractivity contribution in [3.63, 3.8) is 0 Å². The number of halogens is 1. The minimum absolute atomic E-state index is 0.191. The predicted octanol–water partition coefficient (Wildman–Crippen LogP) is 2.58. The number of rotatable bonds is 3. The number of hydrogen-bond donors (Lipinski definition) is 0. The molecule has 0 amide bonds. The molecule has 1 nitrogen and oxygen atoms in total. The zero-order valence-electron chi connectivity index (χ0n) is 7.38. The number of ether oxygens (including phenoxy) is 1. The lowest BCUT2D eigenvalue weighted by Gasteiger charge is -2.09. The molecule has 0 aliphatic rings. The van der Waals surface area contributed by atoms with Crippen LogP contribution in [0.5, 0.6) is 0 Å². The van der Waals surface area contributed by atoms with Crippen LogP contribution in [0.3, 0.4) is 0 Å². The Morgan fingerprint density at radius 2 is 1.92 bits per heavy atom. The first-order chi connectivity index (χ1) is 5.74. The summed E-state index contributed by atoms with van der Waals surface area (Å²) in [5.41, 5.74) is 1.11. The van der Waals surface area contributed by atoms with Gasteiger partial charge in [0.1, 0.15) is 5.82 Å². The molecule has 1 aromatic carbocycles. The summed E-state index contributed by atoms with van der Waals surface area (Å²) in [6, 6.07) is 6.53. The van der Waals surface area contributed by atoms with Gasteiger partial charge in [0.2, 0.25) is 0 Å². The molecule has 2 heteroatoms. The molecule has 1 rings (SSSR count). The van der Waals surface area contributed by atoms with E-state index in [0.717, 1.165) is 5.56 Å². The van der Waals surface area contributed by atoms with Gasteiger partial charge in [0.25, 0.3) is 0 Å². The molecule has 0 aliphatic heterocycles. The summed E-state index contributed by atoms with van der Waals surface area (Å²) in [4.78, 5) is 0. The second-order valence-electron chi connectivity index (χ2n) is 2.91. The summed E-state index contributed by atoms with van der Waals surface area (Å²) in [5, 5.41) is 0. The molecule has 0 bridgehead atoms. The molecule has 0 radical (unpaired) electrons. The molecule has 0 saturated heterocycles. The van der Waals surface area contributed by atoms with E-state index in [4.69, 9.17) is 4.74 Å². The van der Waals surface area contributed by atoms with Crippen molar-refractivity contribution < 1.29 is 9.13 Å². The summed E-state index contributed by atoms with van der Waals surface area (Å²) >= 11 is 0. The van der Waals surface area contributed by atoms with E-state index in [0.29, 0.717) is 12.5 Å². The Labute approximate surface area is 72.2 Å². The number of hydrogen-bond acceptors (Lipinski definition) is 1. The summed E-state index contributed by atoms with van der Waals surface area (Å²) in [7, 11) is 1.67. The van der Waals surface area contributed by atoms with Gasteiger partial charge < -0.3 is 4.74 Å².